The molecule has 0 aromatic heterocycles. The van der Waals surface area contributed by atoms with E-state index >= 15 is 0 Å². The van der Waals surface area contributed by atoms with Gasteiger partial charge in [-0.05, 0) is 24.9 Å². The Balaban J connectivity index is 1.78. The molecule has 6 heteroatoms. The average Bonchev–Trinajstić information content (AvgIpc) is 2.78. The van der Waals surface area contributed by atoms with Crippen LogP contribution in [0, 0.1) is 0 Å². The largest absolute Gasteiger partial charge is 0.496 e. The third-order valence-electron chi connectivity index (χ3n) is 5.30. The van der Waals surface area contributed by atoms with Gasteiger partial charge in [-0.3, -0.25) is 0 Å². The van der Waals surface area contributed by atoms with Crippen molar-refractivity contribution in [2.24, 2.45) is 0 Å². The van der Waals surface area contributed by atoms with Crippen LogP contribution in [-0.4, -0.2) is 47.1 Å². The number of ether oxygens (including phenoxy) is 4. The van der Waals surface area contributed by atoms with Gasteiger partial charge in [0.05, 0.1) is 26.4 Å². The lowest BCUT2D eigenvalue weighted by atomic mass is 9.92. The van der Waals surface area contributed by atoms with Crippen molar-refractivity contribution in [1.82, 2.24) is 10.6 Å². The SMILES string of the molecule is COCCOc1cc(OC)cc(OC)c1CN[C@H]1CCCN[C@H]1c1ccccc1. The highest BCUT2D eigenvalue weighted by Gasteiger charge is 2.26. The Kier molecular flexibility index (Phi) is 8.16. The number of piperidine rings is 1. The maximum atomic E-state index is 5.97. The molecule has 6 nitrogen and oxygen atoms in total. The van der Waals surface area contributed by atoms with Crippen LogP contribution in [0.2, 0.25) is 0 Å². The van der Waals surface area contributed by atoms with Crippen LogP contribution in [0.1, 0.15) is 30.0 Å². The standard InChI is InChI=1S/C23H32N2O4/c1-26-12-13-29-22-15-18(27-2)14-21(28-3)19(22)16-25-20-10-7-11-24-23(20)17-8-5-4-6-9-17/h4-6,8-9,14-15,20,23-25H,7,10-13,16H2,1-3H3/t20-,23-/m0/s1. The molecular formula is C23H32N2O4. The van der Waals surface area contributed by atoms with Gasteiger partial charge in [0.25, 0.3) is 0 Å². The fourth-order valence-corrected chi connectivity index (χ4v) is 3.79. The highest BCUT2D eigenvalue weighted by Crippen LogP contribution is 2.35. The monoisotopic (exact) mass is 400 g/mol. The summed E-state index contributed by atoms with van der Waals surface area (Å²) in [6, 6.07) is 15.0. The van der Waals surface area contributed by atoms with Crippen molar-refractivity contribution in [2.75, 3.05) is 41.1 Å². The van der Waals surface area contributed by atoms with E-state index in [-0.39, 0.29) is 6.04 Å². The summed E-state index contributed by atoms with van der Waals surface area (Å²) in [7, 11) is 4.98. The quantitative estimate of drug-likeness (QED) is 0.597. The number of rotatable bonds is 10. The minimum absolute atomic E-state index is 0.284. The van der Waals surface area contributed by atoms with E-state index in [1.54, 1.807) is 21.3 Å². The summed E-state index contributed by atoms with van der Waals surface area (Å²) in [5.74, 6) is 2.22. The average molecular weight is 401 g/mol. The summed E-state index contributed by atoms with van der Waals surface area (Å²) in [6.07, 6.45) is 2.27. The molecule has 2 aromatic rings. The molecule has 2 atom stereocenters. The van der Waals surface area contributed by atoms with Crippen LogP contribution in [0.25, 0.3) is 0 Å². The molecule has 2 N–H and O–H groups in total. The van der Waals surface area contributed by atoms with Crippen molar-refractivity contribution in [3.05, 3.63) is 53.6 Å². The van der Waals surface area contributed by atoms with Crippen molar-refractivity contribution >= 4 is 0 Å². The highest BCUT2D eigenvalue weighted by molar-refractivity contribution is 5.50. The summed E-state index contributed by atoms with van der Waals surface area (Å²) >= 11 is 0. The van der Waals surface area contributed by atoms with Crippen molar-refractivity contribution in [3.63, 3.8) is 0 Å². The van der Waals surface area contributed by atoms with Crippen LogP contribution in [0.5, 0.6) is 17.2 Å². The number of nitrogens with one attached hydrogen (secondary N) is 2. The lowest BCUT2D eigenvalue weighted by Crippen LogP contribution is -2.45. The van der Waals surface area contributed by atoms with Gasteiger partial charge in [-0.2, -0.15) is 0 Å². The van der Waals surface area contributed by atoms with E-state index in [9.17, 15) is 0 Å². The lowest BCUT2D eigenvalue weighted by Gasteiger charge is -2.34. The van der Waals surface area contributed by atoms with Gasteiger partial charge >= 0.3 is 0 Å². The maximum Gasteiger partial charge on any atom is 0.131 e. The van der Waals surface area contributed by atoms with Crippen LogP contribution < -0.4 is 24.8 Å². The summed E-state index contributed by atoms with van der Waals surface area (Å²) < 4.78 is 22.1. The first kappa shape index (κ1) is 21.4. The minimum Gasteiger partial charge on any atom is -0.496 e. The van der Waals surface area contributed by atoms with Gasteiger partial charge in [0.2, 0.25) is 0 Å². The fraction of sp³-hybridized carbons (Fsp3) is 0.478. The van der Waals surface area contributed by atoms with Gasteiger partial charge in [0, 0.05) is 37.9 Å². The van der Waals surface area contributed by atoms with Crippen LogP contribution in [0.3, 0.4) is 0 Å². The van der Waals surface area contributed by atoms with E-state index in [2.05, 4.69) is 41.0 Å². The predicted molar refractivity (Wildman–Crippen MR) is 114 cm³/mol. The first-order chi connectivity index (χ1) is 14.3. The molecule has 0 radical (unpaired) electrons. The molecule has 1 heterocycles. The Labute approximate surface area is 173 Å². The molecule has 0 amide bonds. The van der Waals surface area contributed by atoms with E-state index in [1.807, 2.05) is 12.1 Å². The third kappa shape index (κ3) is 5.63. The first-order valence-electron chi connectivity index (χ1n) is 10.1. The highest BCUT2D eigenvalue weighted by atomic mass is 16.5. The molecule has 0 saturated carbocycles. The molecule has 1 fully saturated rings. The van der Waals surface area contributed by atoms with Gasteiger partial charge < -0.3 is 29.6 Å². The summed E-state index contributed by atoms with van der Waals surface area (Å²) in [5.41, 5.74) is 2.30. The smallest absolute Gasteiger partial charge is 0.131 e. The van der Waals surface area contributed by atoms with Gasteiger partial charge in [-0.15, -0.1) is 0 Å². The van der Waals surface area contributed by atoms with Crippen molar-refractivity contribution in [3.8, 4) is 17.2 Å². The number of methoxy groups -OCH3 is 3. The molecule has 0 spiro atoms. The van der Waals surface area contributed by atoms with Crippen molar-refractivity contribution in [1.29, 1.82) is 0 Å². The first-order valence-corrected chi connectivity index (χ1v) is 10.1. The molecule has 1 aliphatic heterocycles. The Morgan fingerprint density at radius 3 is 2.52 bits per heavy atom. The Bertz CT molecular complexity index is 754. The molecule has 2 aromatic carbocycles. The molecule has 1 aliphatic rings. The van der Waals surface area contributed by atoms with Gasteiger partial charge in [-0.1, -0.05) is 30.3 Å². The van der Waals surface area contributed by atoms with E-state index in [1.165, 1.54) is 5.56 Å². The van der Waals surface area contributed by atoms with Gasteiger partial charge in [-0.25, -0.2) is 0 Å². The lowest BCUT2D eigenvalue weighted by molar-refractivity contribution is 0.145. The number of hydrogen-bond acceptors (Lipinski definition) is 6. The van der Waals surface area contributed by atoms with Crippen LogP contribution in [-0.2, 0) is 11.3 Å². The minimum atomic E-state index is 0.284. The zero-order chi connectivity index (χ0) is 20.5. The topological polar surface area (TPSA) is 61.0 Å². The fourth-order valence-electron chi connectivity index (χ4n) is 3.79. The Hall–Kier alpha value is -2.28. The summed E-state index contributed by atoms with van der Waals surface area (Å²) in [6.45, 7) is 2.67. The second-order valence-corrected chi connectivity index (χ2v) is 7.12. The summed E-state index contributed by atoms with van der Waals surface area (Å²) in [4.78, 5) is 0. The molecule has 0 bridgehead atoms. The molecule has 158 valence electrons. The van der Waals surface area contributed by atoms with Gasteiger partial charge in [0.1, 0.15) is 23.9 Å². The van der Waals surface area contributed by atoms with E-state index in [4.69, 9.17) is 18.9 Å². The van der Waals surface area contributed by atoms with Crippen LogP contribution in [0.4, 0.5) is 0 Å². The van der Waals surface area contributed by atoms with Crippen molar-refractivity contribution < 1.29 is 18.9 Å². The van der Waals surface area contributed by atoms with Crippen LogP contribution >= 0.6 is 0 Å². The molecular weight excluding hydrogens is 368 g/mol. The molecule has 0 unspecified atom stereocenters. The van der Waals surface area contributed by atoms with E-state index in [0.29, 0.717) is 31.5 Å². The summed E-state index contributed by atoms with van der Waals surface area (Å²) in [5, 5.41) is 7.40. The number of benzene rings is 2. The zero-order valence-electron chi connectivity index (χ0n) is 17.6. The predicted octanol–water partition coefficient (Wildman–Crippen LogP) is 3.31. The van der Waals surface area contributed by atoms with E-state index in [0.717, 1.165) is 36.4 Å². The Morgan fingerprint density at radius 2 is 1.79 bits per heavy atom. The van der Waals surface area contributed by atoms with Crippen molar-refractivity contribution in [2.45, 2.75) is 31.5 Å². The van der Waals surface area contributed by atoms with E-state index < -0.39 is 0 Å². The zero-order valence-corrected chi connectivity index (χ0v) is 17.6. The second kappa shape index (κ2) is 11.0. The normalized spacial score (nSPS) is 19.0. The second-order valence-electron chi connectivity index (χ2n) is 7.12. The van der Waals surface area contributed by atoms with Gasteiger partial charge in [0.15, 0.2) is 0 Å². The molecule has 29 heavy (non-hydrogen) atoms. The maximum absolute atomic E-state index is 5.97. The number of hydrogen-bond donors (Lipinski definition) is 2. The Morgan fingerprint density at radius 1 is 1.00 bits per heavy atom. The third-order valence-corrected chi connectivity index (χ3v) is 5.30. The molecule has 0 aliphatic carbocycles. The molecule has 1 saturated heterocycles. The van der Waals surface area contributed by atoms with Crippen LogP contribution in [0.15, 0.2) is 42.5 Å². The molecule has 3 rings (SSSR count).